The molecule has 2 N–H and O–H groups in total. The van der Waals surface area contributed by atoms with E-state index in [1.54, 1.807) is 24.3 Å². The fourth-order valence-corrected chi connectivity index (χ4v) is 11.4. The number of aromatic amines is 1. The third kappa shape index (κ3) is 5.36. The lowest BCUT2D eigenvalue weighted by Gasteiger charge is -2.43. The quantitative estimate of drug-likeness (QED) is 0.199. The van der Waals surface area contributed by atoms with E-state index in [0.29, 0.717) is 32.9 Å². The molecule has 2 bridgehead atoms. The smallest absolute Gasteiger partial charge is 0.418 e. The third-order valence-electron chi connectivity index (χ3n) is 9.99. The van der Waals surface area contributed by atoms with Gasteiger partial charge in [-0.15, -0.1) is 11.8 Å². The second-order valence-electron chi connectivity index (χ2n) is 12.5. The second-order valence-corrected chi connectivity index (χ2v) is 15.5. The number of hydrogen-bond donors (Lipinski definition) is 2. The molecule has 4 aliphatic rings. The van der Waals surface area contributed by atoms with Gasteiger partial charge in [0.2, 0.25) is 11.8 Å². The summed E-state index contributed by atoms with van der Waals surface area (Å²) in [5, 5.41) is 3.93. The molecule has 4 aromatic rings. The Bertz CT molecular complexity index is 2090. The number of anilines is 2. The molecule has 0 unspecified atom stereocenters. The number of thiazole rings is 1. The minimum absolute atomic E-state index is 0.135. The molecule has 8 nitrogen and oxygen atoms in total. The van der Waals surface area contributed by atoms with Gasteiger partial charge in [0, 0.05) is 21.7 Å². The number of ether oxygens (including phenoxy) is 1. The Morgan fingerprint density at radius 3 is 2.39 bits per heavy atom. The van der Waals surface area contributed by atoms with Crippen molar-refractivity contribution in [3.05, 3.63) is 102 Å². The lowest BCUT2D eigenvalue weighted by molar-refractivity contribution is -0.137. The molecule has 8 rings (SSSR count). The summed E-state index contributed by atoms with van der Waals surface area (Å²) in [5.74, 6) is -3.62. The van der Waals surface area contributed by atoms with Gasteiger partial charge in [0.05, 0.1) is 38.2 Å². The van der Waals surface area contributed by atoms with Gasteiger partial charge in [-0.05, 0) is 72.2 Å². The van der Waals surface area contributed by atoms with Crippen molar-refractivity contribution in [2.24, 2.45) is 29.6 Å². The van der Waals surface area contributed by atoms with Crippen LogP contribution in [-0.2, 0) is 20.6 Å². The summed E-state index contributed by atoms with van der Waals surface area (Å²) in [6, 6.07) is 16.6. The Labute approximate surface area is 294 Å². The number of nitrogens with zero attached hydrogens (tertiary/aromatic N) is 1. The molecule has 3 heterocycles. The number of rotatable bonds is 6. The van der Waals surface area contributed by atoms with Gasteiger partial charge in [0.25, 0.3) is 5.91 Å². The first-order chi connectivity index (χ1) is 23.4. The van der Waals surface area contributed by atoms with Crippen LogP contribution in [0.4, 0.5) is 24.5 Å². The van der Waals surface area contributed by atoms with E-state index in [9.17, 15) is 32.3 Å². The summed E-state index contributed by atoms with van der Waals surface area (Å²) in [6.45, 7) is -0.273. The van der Waals surface area contributed by atoms with E-state index in [-0.39, 0.29) is 40.4 Å². The molecule has 3 fully saturated rings. The summed E-state index contributed by atoms with van der Waals surface area (Å²) in [5.41, 5.74) is -0.134. The van der Waals surface area contributed by atoms with E-state index < -0.39 is 47.0 Å². The fourth-order valence-electron chi connectivity index (χ4n) is 8.23. The lowest BCUT2D eigenvalue weighted by Crippen LogP contribution is -2.42. The number of H-pyrrole nitrogens is 1. The highest BCUT2D eigenvalue weighted by molar-refractivity contribution is 8.00. The van der Waals surface area contributed by atoms with E-state index in [4.69, 9.17) is 27.9 Å². The number of aromatic nitrogens is 1. The van der Waals surface area contributed by atoms with Crippen LogP contribution in [0.25, 0.3) is 0 Å². The lowest BCUT2D eigenvalue weighted by atomic mass is 9.68. The summed E-state index contributed by atoms with van der Waals surface area (Å²) in [7, 11) is 0. The molecule has 7 atom stereocenters. The average Bonchev–Trinajstić information content (AvgIpc) is 3.80. The molecular formula is C34H24Cl2F3N3O5S2. The van der Waals surface area contributed by atoms with Gasteiger partial charge in [0.15, 0.2) is 6.61 Å². The van der Waals surface area contributed by atoms with E-state index >= 15 is 0 Å². The summed E-state index contributed by atoms with van der Waals surface area (Å²) in [6.07, 6.45) is -4.15. The highest BCUT2D eigenvalue weighted by atomic mass is 35.5. The number of para-hydroxylation sites is 1. The molecule has 3 aromatic carbocycles. The van der Waals surface area contributed by atoms with Crippen molar-refractivity contribution < 1.29 is 32.3 Å². The predicted molar refractivity (Wildman–Crippen MR) is 179 cm³/mol. The molecule has 2 saturated carbocycles. The third-order valence-corrected chi connectivity index (χ3v) is 13.3. The normalized spacial score (nSPS) is 26.8. The van der Waals surface area contributed by atoms with E-state index in [1.807, 2.05) is 12.1 Å². The topological polar surface area (TPSA) is 109 Å². The number of alkyl halides is 3. The number of thioether (sulfide) groups is 1. The zero-order valence-corrected chi connectivity index (χ0v) is 28.1. The number of amides is 3. The monoisotopic (exact) mass is 745 g/mol. The number of hydrogen-bond acceptors (Lipinski definition) is 7. The molecule has 1 aromatic heterocycles. The van der Waals surface area contributed by atoms with E-state index in [2.05, 4.69) is 10.3 Å². The SMILES string of the molecule is O=C(COc1ccc([C@@H]2c3sc(=O)[nH]c3S[C@@H]3[C@@H]4C[C@@H]([C@@H]5C(=O)N(c6ccccc6C(F)(F)F)C(=O)[C@@H]45)[C@H]23)cc1)Nc1ccc(Cl)c(Cl)c1. The van der Waals surface area contributed by atoms with Gasteiger partial charge in [-0.3, -0.25) is 19.2 Å². The summed E-state index contributed by atoms with van der Waals surface area (Å²) >= 11 is 14.5. The standard InChI is InChI=1S/C34H24Cl2F3N3O5S2/c35-20-10-7-15(11-21(20)36)40-23(43)13-47-16-8-5-14(6-9-16)24-25-17-12-18(28(25)48-30-29(24)49-33(46)41-30)27-26(17)31(44)42(32(27)45)22-4-2-1-3-19(22)34(37,38)39/h1-11,17-18,24-28H,12-13H2,(H,40,43)(H,41,46)/t17-,18-,24+,25-,26+,27+,28-/m1/s1. The molecular weight excluding hydrogens is 722 g/mol. The van der Waals surface area contributed by atoms with Crippen LogP contribution in [0.5, 0.6) is 5.75 Å². The van der Waals surface area contributed by atoms with Crippen molar-refractivity contribution in [3.8, 4) is 5.75 Å². The molecule has 2 aliphatic heterocycles. The zero-order valence-electron chi connectivity index (χ0n) is 25.0. The van der Waals surface area contributed by atoms with Crippen LogP contribution in [0.3, 0.4) is 0 Å². The zero-order chi connectivity index (χ0) is 34.4. The molecule has 1 saturated heterocycles. The molecule has 252 valence electrons. The minimum atomic E-state index is -4.74. The van der Waals surface area contributed by atoms with E-state index in [1.165, 1.54) is 36.0 Å². The van der Waals surface area contributed by atoms with Crippen LogP contribution in [0, 0.1) is 29.6 Å². The Balaban J connectivity index is 1.06. The Morgan fingerprint density at radius 2 is 1.67 bits per heavy atom. The van der Waals surface area contributed by atoms with Crippen molar-refractivity contribution in [3.63, 3.8) is 0 Å². The largest absolute Gasteiger partial charge is 0.484 e. The number of nitrogens with one attached hydrogen (secondary N) is 2. The predicted octanol–water partition coefficient (Wildman–Crippen LogP) is 7.46. The van der Waals surface area contributed by atoms with Gasteiger partial charge in [-0.25, -0.2) is 4.90 Å². The maximum atomic E-state index is 14.0. The van der Waals surface area contributed by atoms with Crippen molar-refractivity contribution in [1.82, 2.24) is 4.98 Å². The van der Waals surface area contributed by atoms with Crippen LogP contribution >= 0.6 is 46.3 Å². The Hall–Kier alpha value is -3.78. The van der Waals surface area contributed by atoms with Gasteiger partial charge in [-0.2, -0.15) is 13.2 Å². The summed E-state index contributed by atoms with van der Waals surface area (Å²) in [4.78, 5) is 57.2. The minimum Gasteiger partial charge on any atom is -0.484 e. The van der Waals surface area contributed by atoms with Crippen LogP contribution in [0.2, 0.25) is 10.0 Å². The van der Waals surface area contributed by atoms with Gasteiger partial charge in [-0.1, -0.05) is 58.8 Å². The number of carbonyl (C=O) groups is 3. The first-order valence-electron chi connectivity index (χ1n) is 15.3. The number of fused-ring (bicyclic) bond motifs is 9. The van der Waals surface area contributed by atoms with Crippen molar-refractivity contribution >= 4 is 75.4 Å². The number of imide groups is 1. The van der Waals surface area contributed by atoms with E-state index in [0.717, 1.165) is 32.7 Å². The molecule has 49 heavy (non-hydrogen) atoms. The summed E-state index contributed by atoms with van der Waals surface area (Å²) < 4.78 is 47.6. The highest BCUT2D eigenvalue weighted by Crippen LogP contribution is 2.69. The maximum Gasteiger partial charge on any atom is 0.418 e. The molecule has 0 radical (unpaired) electrons. The Kier molecular flexibility index (Phi) is 7.89. The fraction of sp³-hybridized carbons (Fsp3) is 0.294. The number of carbonyl (C=O) groups excluding carboxylic acids is 3. The molecule has 0 spiro atoms. The van der Waals surface area contributed by atoms with Crippen molar-refractivity contribution in [2.75, 3.05) is 16.8 Å². The van der Waals surface area contributed by atoms with Crippen LogP contribution in [0.1, 0.15) is 28.3 Å². The van der Waals surface area contributed by atoms with Gasteiger partial charge in [0.1, 0.15) is 5.75 Å². The first kappa shape index (κ1) is 32.4. The molecule has 2 aliphatic carbocycles. The van der Waals surface area contributed by atoms with Gasteiger partial charge < -0.3 is 15.0 Å². The van der Waals surface area contributed by atoms with Crippen molar-refractivity contribution in [1.29, 1.82) is 0 Å². The number of benzene rings is 3. The van der Waals surface area contributed by atoms with Crippen LogP contribution in [-0.4, -0.2) is 34.6 Å². The molecule has 3 amide bonds. The maximum absolute atomic E-state index is 14.0. The molecule has 15 heteroatoms. The first-order valence-corrected chi connectivity index (χ1v) is 17.8. The van der Waals surface area contributed by atoms with Crippen LogP contribution in [0.15, 0.2) is 76.6 Å². The van der Waals surface area contributed by atoms with Crippen LogP contribution < -0.4 is 19.8 Å². The Morgan fingerprint density at radius 1 is 0.959 bits per heavy atom. The highest BCUT2D eigenvalue weighted by Gasteiger charge is 2.70. The number of halogens is 5. The second kappa shape index (κ2) is 11.9. The van der Waals surface area contributed by atoms with Crippen molar-refractivity contribution in [2.45, 2.75) is 28.8 Å². The average molecular weight is 747 g/mol. The van der Waals surface area contributed by atoms with Gasteiger partial charge >= 0.3 is 11.0 Å².